The number of rotatable bonds is 5. The van der Waals surface area contributed by atoms with Crippen LogP contribution in [0.25, 0.3) is 0 Å². The predicted octanol–water partition coefficient (Wildman–Crippen LogP) is 3.16. The van der Waals surface area contributed by atoms with Crippen molar-refractivity contribution in [2.45, 2.75) is 0 Å². The lowest BCUT2D eigenvalue weighted by molar-refractivity contribution is -0.118. The molecule has 1 amide bonds. The quantitative estimate of drug-likeness (QED) is 0.869. The molecule has 0 aliphatic rings. The number of benzene rings is 2. The van der Waals surface area contributed by atoms with Crippen LogP contribution in [0.5, 0.6) is 5.75 Å². The van der Waals surface area contributed by atoms with Gasteiger partial charge in [-0.25, -0.2) is 4.79 Å². The molecule has 0 spiro atoms. The molecule has 0 fully saturated rings. The van der Waals surface area contributed by atoms with Crippen LogP contribution in [0.1, 0.15) is 10.4 Å². The van der Waals surface area contributed by atoms with E-state index in [9.17, 15) is 9.59 Å². The average Bonchev–Trinajstić information content (AvgIpc) is 2.47. The molecule has 6 heteroatoms. The molecule has 0 unspecified atom stereocenters. The maximum absolute atomic E-state index is 11.7. The second-order valence-electron chi connectivity index (χ2n) is 4.15. The highest BCUT2D eigenvalue weighted by molar-refractivity contribution is 9.10. The molecule has 2 rings (SSSR count). The lowest BCUT2D eigenvalue weighted by Gasteiger charge is -2.08. The Morgan fingerprint density at radius 1 is 1.10 bits per heavy atom. The van der Waals surface area contributed by atoms with Gasteiger partial charge in [0.15, 0.2) is 6.61 Å². The van der Waals surface area contributed by atoms with E-state index in [0.717, 1.165) is 4.47 Å². The SMILES string of the molecule is O=C(COc1ccccc1Br)Nc1ccc(C(=O)O)cc1. The molecular formula is C15H12BrNO4. The summed E-state index contributed by atoms with van der Waals surface area (Å²) in [5, 5.41) is 11.4. The molecule has 0 saturated heterocycles. The van der Waals surface area contributed by atoms with Gasteiger partial charge in [0, 0.05) is 5.69 Å². The van der Waals surface area contributed by atoms with E-state index in [2.05, 4.69) is 21.2 Å². The second-order valence-corrected chi connectivity index (χ2v) is 5.00. The number of carboxylic acids is 1. The Kier molecular flexibility index (Phi) is 4.94. The summed E-state index contributed by atoms with van der Waals surface area (Å²) in [6.45, 7) is -0.136. The fourth-order valence-electron chi connectivity index (χ4n) is 1.60. The third-order valence-electron chi connectivity index (χ3n) is 2.61. The highest BCUT2D eigenvalue weighted by Crippen LogP contribution is 2.23. The van der Waals surface area contributed by atoms with Crippen molar-refractivity contribution < 1.29 is 19.4 Å². The van der Waals surface area contributed by atoms with Crippen LogP contribution >= 0.6 is 15.9 Å². The summed E-state index contributed by atoms with van der Waals surface area (Å²) < 4.78 is 6.15. The molecule has 2 aromatic rings. The van der Waals surface area contributed by atoms with Crippen molar-refractivity contribution in [3.8, 4) is 5.75 Å². The Bertz CT molecular complexity index is 655. The van der Waals surface area contributed by atoms with Crippen molar-refractivity contribution in [2.75, 3.05) is 11.9 Å². The van der Waals surface area contributed by atoms with E-state index in [-0.39, 0.29) is 18.1 Å². The zero-order chi connectivity index (χ0) is 15.2. The molecule has 21 heavy (non-hydrogen) atoms. The zero-order valence-electron chi connectivity index (χ0n) is 10.9. The molecule has 5 nitrogen and oxygen atoms in total. The van der Waals surface area contributed by atoms with Gasteiger partial charge in [-0.05, 0) is 52.3 Å². The minimum absolute atomic E-state index is 0.136. The number of hydrogen-bond donors (Lipinski definition) is 2. The van der Waals surface area contributed by atoms with E-state index < -0.39 is 5.97 Å². The highest BCUT2D eigenvalue weighted by atomic mass is 79.9. The van der Waals surface area contributed by atoms with Gasteiger partial charge in [-0.15, -0.1) is 0 Å². The van der Waals surface area contributed by atoms with Crippen LogP contribution < -0.4 is 10.1 Å². The first-order valence-electron chi connectivity index (χ1n) is 6.07. The first-order chi connectivity index (χ1) is 10.1. The largest absolute Gasteiger partial charge is 0.483 e. The summed E-state index contributed by atoms with van der Waals surface area (Å²) in [6, 6.07) is 13.1. The van der Waals surface area contributed by atoms with Crippen LogP contribution in [-0.4, -0.2) is 23.6 Å². The summed E-state index contributed by atoms with van der Waals surface area (Å²) in [6.07, 6.45) is 0. The summed E-state index contributed by atoms with van der Waals surface area (Å²) in [5.74, 6) is -0.757. The van der Waals surface area contributed by atoms with Crippen molar-refractivity contribution >= 4 is 33.5 Å². The molecule has 108 valence electrons. The van der Waals surface area contributed by atoms with E-state index in [1.165, 1.54) is 24.3 Å². The monoisotopic (exact) mass is 349 g/mol. The van der Waals surface area contributed by atoms with Crippen LogP contribution in [0.3, 0.4) is 0 Å². The van der Waals surface area contributed by atoms with E-state index in [1.54, 1.807) is 6.07 Å². The number of nitrogens with one attached hydrogen (secondary N) is 1. The van der Waals surface area contributed by atoms with Crippen LogP contribution in [0, 0.1) is 0 Å². The topological polar surface area (TPSA) is 75.6 Å². The van der Waals surface area contributed by atoms with Crippen molar-refractivity contribution in [3.05, 3.63) is 58.6 Å². The molecule has 0 aliphatic carbocycles. The Balaban J connectivity index is 1.90. The van der Waals surface area contributed by atoms with E-state index in [4.69, 9.17) is 9.84 Å². The molecular weight excluding hydrogens is 338 g/mol. The van der Waals surface area contributed by atoms with Crippen LogP contribution in [0.15, 0.2) is 53.0 Å². The average molecular weight is 350 g/mol. The van der Waals surface area contributed by atoms with Gasteiger partial charge >= 0.3 is 5.97 Å². The number of para-hydroxylation sites is 1. The van der Waals surface area contributed by atoms with E-state index in [1.807, 2.05) is 18.2 Å². The summed E-state index contributed by atoms with van der Waals surface area (Å²) in [7, 11) is 0. The predicted molar refractivity (Wildman–Crippen MR) is 81.7 cm³/mol. The van der Waals surface area contributed by atoms with Gasteiger partial charge in [-0.1, -0.05) is 12.1 Å². The number of carbonyl (C=O) groups is 2. The normalized spacial score (nSPS) is 9.95. The number of hydrogen-bond acceptors (Lipinski definition) is 3. The molecule has 0 radical (unpaired) electrons. The first-order valence-corrected chi connectivity index (χ1v) is 6.86. The Morgan fingerprint density at radius 3 is 2.38 bits per heavy atom. The molecule has 0 bridgehead atoms. The maximum atomic E-state index is 11.7. The minimum atomic E-state index is -1.01. The van der Waals surface area contributed by atoms with Crippen molar-refractivity contribution in [3.63, 3.8) is 0 Å². The number of ether oxygens (including phenoxy) is 1. The van der Waals surface area contributed by atoms with Gasteiger partial charge in [-0.3, -0.25) is 4.79 Å². The van der Waals surface area contributed by atoms with E-state index in [0.29, 0.717) is 11.4 Å². The Labute approximate surface area is 129 Å². The number of carbonyl (C=O) groups excluding carboxylic acids is 1. The lowest BCUT2D eigenvalue weighted by atomic mass is 10.2. The lowest BCUT2D eigenvalue weighted by Crippen LogP contribution is -2.20. The van der Waals surface area contributed by atoms with Crippen LogP contribution in [-0.2, 0) is 4.79 Å². The number of aromatic carboxylic acids is 1. The maximum Gasteiger partial charge on any atom is 0.335 e. The summed E-state index contributed by atoms with van der Waals surface area (Å²) in [5.41, 5.74) is 0.679. The highest BCUT2D eigenvalue weighted by Gasteiger charge is 2.07. The van der Waals surface area contributed by atoms with Crippen molar-refractivity contribution in [2.24, 2.45) is 0 Å². The Hall–Kier alpha value is -2.34. The third-order valence-corrected chi connectivity index (χ3v) is 3.27. The van der Waals surface area contributed by atoms with Crippen molar-refractivity contribution in [1.82, 2.24) is 0 Å². The van der Waals surface area contributed by atoms with E-state index >= 15 is 0 Å². The molecule has 0 atom stereocenters. The smallest absolute Gasteiger partial charge is 0.335 e. The molecule has 0 heterocycles. The molecule has 2 aromatic carbocycles. The van der Waals surface area contributed by atoms with Gasteiger partial charge in [0.2, 0.25) is 0 Å². The van der Waals surface area contributed by atoms with Crippen LogP contribution in [0.4, 0.5) is 5.69 Å². The molecule has 0 aliphatic heterocycles. The molecule has 0 aromatic heterocycles. The fourth-order valence-corrected chi connectivity index (χ4v) is 2.00. The van der Waals surface area contributed by atoms with Crippen molar-refractivity contribution in [1.29, 1.82) is 0 Å². The van der Waals surface area contributed by atoms with Crippen LogP contribution in [0.2, 0.25) is 0 Å². The number of anilines is 1. The minimum Gasteiger partial charge on any atom is -0.483 e. The number of amides is 1. The fraction of sp³-hybridized carbons (Fsp3) is 0.0667. The molecule has 0 saturated carbocycles. The van der Waals surface area contributed by atoms with Gasteiger partial charge in [0.25, 0.3) is 5.91 Å². The summed E-state index contributed by atoms with van der Waals surface area (Å²) >= 11 is 3.32. The number of carboxylic acid groups (broad SMARTS) is 1. The number of halogens is 1. The van der Waals surface area contributed by atoms with Gasteiger partial charge in [0.05, 0.1) is 10.0 Å². The summed E-state index contributed by atoms with van der Waals surface area (Å²) in [4.78, 5) is 22.5. The first kappa shape index (κ1) is 15.1. The standard InChI is InChI=1S/C15H12BrNO4/c16-12-3-1-2-4-13(12)21-9-14(18)17-11-7-5-10(6-8-11)15(19)20/h1-8H,9H2,(H,17,18)(H,19,20). The van der Waals surface area contributed by atoms with Gasteiger partial charge < -0.3 is 15.2 Å². The zero-order valence-corrected chi connectivity index (χ0v) is 12.5. The third kappa shape index (κ3) is 4.32. The van der Waals surface area contributed by atoms with Gasteiger partial charge in [0.1, 0.15) is 5.75 Å². The molecule has 2 N–H and O–H groups in total. The second kappa shape index (κ2) is 6.90. The Morgan fingerprint density at radius 2 is 1.76 bits per heavy atom. The van der Waals surface area contributed by atoms with Gasteiger partial charge in [-0.2, -0.15) is 0 Å².